The standard InChI is InChI=1S/C52H96N2O11/c1-9-13-17-20-21-25-31-44(30-24-19-15-11-3)41-63-46(56)33-27-35-49(59)65-50(51(60)53-37-36-48(58)61-39-38-54(7)8)52(5,6)42-64-47(57)34-26-32-45(55)62-40-43(28-22-16-12-4)29-23-18-14-10-2/h43-44,50H,9-42H2,1-8H3,(H,53,60)/t43?,44?,50-/m0/s1. The van der Waals surface area contributed by atoms with E-state index in [-0.39, 0.29) is 76.6 Å². The lowest BCUT2D eigenvalue weighted by Crippen LogP contribution is -2.49. The van der Waals surface area contributed by atoms with Gasteiger partial charge in [0, 0.05) is 44.2 Å². The molecule has 0 aliphatic rings. The Morgan fingerprint density at radius 3 is 1.34 bits per heavy atom. The molecule has 0 radical (unpaired) electrons. The molecule has 0 fully saturated rings. The predicted molar refractivity (Wildman–Crippen MR) is 258 cm³/mol. The molecule has 3 atom stereocenters. The van der Waals surface area contributed by atoms with Crippen molar-refractivity contribution in [2.24, 2.45) is 17.3 Å². The minimum Gasteiger partial charge on any atom is -0.465 e. The third-order valence-electron chi connectivity index (χ3n) is 11.8. The first kappa shape index (κ1) is 61.8. The van der Waals surface area contributed by atoms with E-state index >= 15 is 0 Å². The van der Waals surface area contributed by atoms with E-state index in [1.807, 2.05) is 19.0 Å². The normalized spacial score (nSPS) is 12.9. The highest BCUT2D eigenvalue weighted by atomic mass is 16.6. The summed E-state index contributed by atoms with van der Waals surface area (Å²) in [7, 11) is 3.73. The molecule has 0 aliphatic heterocycles. The van der Waals surface area contributed by atoms with Crippen LogP contribution in [0.1, 0.15) is 221 Å². The maximum Gasteiger partial charge on any atom is 0.307 e. The number of unbranched alkanes of at least 4 members (excludes halogenated alkanes) is 13. The summed E-state index contributed by atoms with van der Waals surface area (Å²) in [6.07, 6.45) is 23.2. The highest BCUT2D eigenvalue weighted by Gasteiger charge is 2.40. The van der Waals surface area contributed by atoms with Crippen LogP contribution in [0.15, 0.2) is 0 Å². The van der Waals surface area contributed by atoms with Crippen LogP contribution in [0, 0.1) is 17.3 Å². The molecule has 13 heteroatoms. The Morgan fingerprint density at radius 1 is 0.477 bits per heavy atom. The maximum absolute atomic E-state index is 13.5. The predicted octanol–water partition coefficient (Wildman–Crippen LogP) is 11.0. The summed E-state index contributed by atoms with van der Waals surface area (Å²) in [5.74, 6) is -2.41. The topological polar surface area (TPSA) is 164 Å². The fourth-order valence-corrected chi connectivity index (χ4v) is 7.53. The first-order valence-corrected chi connectivity index (χ1v) is 25.9. The molecule has 1 N–H and O–H groups in total. The van der Waals surface area contributed by atoms with Gasteiger partial charge in [-0.1, -0.05) is 151 Å². The molecule has 0 heterocycles. The summed E-state index contributed by atoms with van der Waals surface area (Å²) in [5.41, 5.74) is -1.18. The molecule has 0 aromatic heterocycles. The number of hydrogen-bond donors (Lipinski definition) is 1. The zero-order chi connectivity index (χ0) is 48.6. The number of ether oxygens (including phenoxy) is 5. The molecule has 0 spiro atoms. The van der Waals surface area contributed by atoms with Crippen molar-refractivity contribution in [1.82, 2.24) is 10.2 Å². The molecular weight excluding hydrogens is 829 g/mol. The summed E-state index contributed by atoms with van der Waals surface area (Å²) in [6, 6.07) is 0. The van der Waals surface area contributed by atoms with Gasteiger partial charge in [0.2, 0.25) is 0 Å². The van der Waals surface area contributed by atoms with E-state index in [1.165, 1.54) is 70.6 Å². The molecule has 0 saturated heterocycles. The molecule has 0 bridgehead atoms. The van der Waals surface area contributed by atoms with Crippen molar-refractivity contribution >= 4 is 35.8 Å². The van der Waals surface area contributed by atoms with E-state index in [1.54, 1.807) is 13.8 Å². The van der Waals surface area contributed by atoms with Crippen LogP contribution in [-0.2, 0) is 52.5 Å². The Hall–Kier alpha value is -3.22. The number of amides is 1. The summed E-state index contributed by atoms with van der Waals surface area (Å²) < 4.78 is 27.8. The first-order chi connectivity index (χ1) is 31.2. The second kappa shape index (κ2) is 41.0. The van der Waals surface area contributed by atoms with Crippen molar-refractivity contribution in [3.05, 3.63) is 0 Å². The Kier molecular flexibility index (Phi) is 39.0. The van der Waals surface area contributed by atoms with Gasteiger partial charge in [-0.2, -0.15) is 0 Å². The Bertz CT molecular complexity index is 1260. The van der Waals surface area contributed by atoms with Crippen molar-refractivity contribution in [3.8, 4) is 0 Å². The molecular formula is C52H96N2O11. The number of esters is 5. The van der Waals surface area contributed by atoms with Gasteiger partial charge in [-0.25, -0.2) is 0 Å². The van der Waals surface area contributed by atoms with Gasteiger partial charge in [-0.3, -0.25) is 28.8 Å². The summed E-state index contributed by atoms with van der Waals surface area (Å²) >= 11 is 0. The molecule has 65 heavy (non-hydrogen) atoms. The number of carbonyl (C=O) groups is 6. The second-order valence-electron chi connectivity index (χ2n) is 19.1. The van der Waals surface area contributed by atoms with Crippen LogP contribution >= 0.6 is 0 Å². The molecule has 0 aromatic carbocycles. The molecule has 0 saturated carbocycles. The summed E-state index contributed by atoms with van der Waals surface area (Å²) in [5, 5.41) is 2.67. The zero-order valence-electron chi connectivity index (χ0n) is 42.7. The van der Waals surface area contributed by atoms with Crippen LogP contribution < -0.4 is 5.32 Å². The van der Waals surface area contributed by atoms with E-state index < -0.39 is 35.3 Å². The molecule has 0 rings (SSSR count). The number of nitrogens with one attached hydrogen (secondary N) is 1. The number of carbonyl (C=O) groups excluding carboxylic acids is 6. The number of hydrogen-bond acceptors (Lipinski definition) is 12. The third-order valence-corrected chi connectivity index (χ3v) is 11.8. The van der Waals surface area contributed by atoms with E-state index in [2.05, 4.69) is 33.0 Å². The monoisotopic (exact) mass is 925 g/mol. The molecule has 380 valence electrons. The Labute approximate surface area is 395 Å². The van der Waals surface area contributed by atoms with Crippen LogP contribution in [0.25, 0.3) is 0 Å². The van der Waals surface area contributed by atoms with Crippen molar-refractivity contribution < 1.29 is 52.5 Å². The van der Waals surface area contributed by atoms with Gasteiger partial charge in [0.15, 0.2) is 6.10 Å². The lowest BCUT2D eigenvalue weighted by atomic mass is 9.86. The Morgan fingerprint density at radius 2 is 0.862 bits per heavy atom. The molecule has 0 aliphatic carbocycles. The van der Waals surface area contributed by atoms with E-state index in [9.17, 15) is 28.8 Å². The van der Waals surface area contributed by atoms with Crippen molar-refractivity contribution in [2.45, 2.75) is 227 Å². The van der Waals surface area contributed by atoms with Crippen molar-refractivity contribution in [1.29, 1.82) is 0 Å². The van der Waals surface area contributed by atoms with Gasteiger partial charge in [0.25, 0.3) is 5.91 Å². The van der Waals surface area contributed by atoms with Gasteiger partial charge in [0.1, 0.15) is 13.2 Å². The van der Waals surface area contributed by atoms with Crippen LogP contribution in [0.5, 0.6) is 0 Å². The second-order valence-corrected chi connectivity index (χ2v) is 19.1. The highest BCUT2D eigenvalue weighted by molar-refractivity contribution is 5.85. The van der Waals surface area contributed by atoms with Crippen molar-refractivity contribution in [2.75, 3.05) is 53.6 Å². The highest BCUT2D eigenvalue weighted by Crippen LogP contribution is 2.26. The van der Waals surface area contributed by atoms with E-state index in [4.69, 9.17) is 23.7 Å². The summed E-state index contributed by atoms with van der Waals surface area (Å²) in [6.45, 7) is 13.3. The number of likely N-dealkylation sites (N-methyl/N-ethyl adjacent to an activating group) is 1. The van der Waals surface area contributed by atoms with Gasteiger partial charge < -0.3 is 33.9 Å². The third kappa shape index (κ3) is 36.6. The SMILES string of the molecule is CCCCCCCCC(CCCCCC)COC(=O)CCCC(=O)O[C@@H](C(=O)NCCC(=O)OCCN(C)C)C(C)(C)COC(=O)CCCC(=O)OCC(CCCCC)CCCCCC. The van der Waals surface area contributed by atoms with Crippen LogP contribution in [-0.4, -0.2) is 100 Å². The lowest BCUT2D eigenvalue weighted by molar-refractivity contribution is -0.169. The van der Waals surface area contributed by atoms with Crippen molar-refractivity contribution in [3.63, 3.8) is 0 Å². The fraction of sp³-hybridized carbons (Fsp3) is 0.885. The summed E-state index contributed by atoms with van der Waals surface area (Å²) in [4.78, 5) is 79.1. The quantitative estimate of drug-likeness (QED) is 0.0350. The molecule has 1 amide bonds. The molecule has 0 aromatic rings. The van der Waals surface area contributed by atoms with Gasteiger partial charge in [0.05, 0.1) is 19.6 Å². The minimum absolute atomic E-state index is 0.0243. The average Bonchev–Trinajstić information content (AvgIpc) is 3.26. The maximum atomic E-state index is 13.5. The van der Waals surface area contributed by atoms with Gasteiger partial charge in [-0.15, -0.1) is 0 Å². The lowest BCUT2D eigenvalue weighted by Gasteiger charge is -2.32. The zero-order valence-corrected chi connectivity index (χ0v) is 42.7. The Balaban J connectivity index is 5.29. The number of nitrogens with zero attached hydrogens (tertiary/aromatic N) is 1. The smallest absolute Gasteiger partial charge is 0.307 e. The molecule has 2 unspecified atom stereocenters. The van der Waals surface area contributed by atoms with Crippen LogP contribution in [0.2, 0.25) is 0 Å². The van der Waals surface area contributed by atoms with Crippen LogP contribution in [0.3, 0.4) is 0 Å². The van der Waals surface area contributed by atoms with Crippen LogP contribution in [0.4, 0.5) is 0 Å². The van der Waals surface area contributed by atoms with Gasteiger partial charge >= 0.3 is 29.8 Å². The largest absolute Gasteiger partial charge is 0.465 e. The fourth-order valence-electron chi connectivity index (χ4n) is 7.53. The molecule has 13 nitrogen and oxygen atoms in total. The number of rotatable bonds is 44. The van der Waals surface area contributed by atoms with Gasteiger partial charge in [-0.05, 0) is 64.5 Å². The van der Waals surface area contributed by atoms with E-state index in [0.717, 1.165) is 64.2 Å². The average molecular weight is 925 g/mol. The first-order valence-electron chi connectivity index (χ1n) is 25.9. The minimum atomic E-state index is -1.38. The van der Waals surface area contributed by atoms with E-state index in [0.29, 0.717) is 31.6 Å².